The lowest BCUT2D eigenvalue weighted by Gasteiger charge is -2.12. The number of hydrogen-bond acceptors (Lipinski definition) is 27. The van der Waals surface area contributed by atoms with Gasteiger partial charge in [-0.2, -0.15) is 40.2 Å². The number of aromatic carboxylic acids is 1. The summed E-state index contributed by atoms with van der Waals surface area (Å²) >= 11 is 6.52. The Morgan fingerprint density at radius 1 is 0.658 bits per heavy atom. The number of anilines is 8. The molecule has 0 amide bonds. The second kappa shape index (κ2) is 23.4. The Morgan fingerprint density at radius 2 is 1.24 bits per heavy atom. The van der Waals surface area contributed by atoms with Crippen LogP contribution >= 0.6 is 23.6 Å². The van der Waals surface area contributed by atoms with Gasteiger partial charge in [-0.3, -0.25) is 13.7 Å². The zero-order valence-electron chi connectivity index (χ0n) is 38.9. The fourth-order valence-corrected chi connectivity index (χ4v) is 10.0. The summed E-state index contributed by atoms with van der Waals surface area (Å²) in [6, 6.07) is 21.7. The number of rotatable bonds is 22. The Balaban J connectivity index is 1.11. The van der Waals surface area contributed by atoms with E-state index in [0.29, 0.717) is 17.4 Å². The van der Waals surface area contributed by atoms with Crippen molar-refractivity contribution in [3.05, 3.63) is 126 Å². The van der Waals surface area contributed by atoms with E-state index in [2.05, 4.69) is 75.0 Å². The van der Waals surface area contributed by atoms with Crippen molar-refractivity contribution in [2.75, 3.05) is 33.6 Å². The Hall–Kier alpha value is -8.24. The van der Waals surface area contributed by atoms with E-state index in [1.807, 2.05) is 0 Å². The van der Waals surface area contributed by atoms with Crippen molar-refractivity contribution in [1.82, 2.24) is 29.9 Å². The lowest BCUT2D eigenvalue weighted by atomic mass is 10.1. The van der Waals surface area contributed by atoms with Crippen molar-refractivity contribution in [1.29, 1.82) is 0 Å². The summed E-state index contributed by atoms with van der Waals surface area (Å²) in [5, 5.41) is 53.6. The molecule has 410 valence electrons. The first-order valence-corrected chi connectivity index (χ1v) is 28.3. The molecule has 0 saturated carbocycles. The average Bonchev–Trinajstić information content (AvgIpc) is 3.44. The fraction of sp³-hybridized carbons (Fsp3) is 0.0476. The summed E-state index contributed by atoms with van der Waals surface area (Å²) in [6.07, 6.45) is 2.64. The summed E-state index contributed by atoms with van der Waals surface area (Å²) < 4.78 is 135. The molecule has 0 radical (unpaired) electrons. The molecule has 8 rings (SSSR count). The number of nitrogens with one attached hydrogen (secondary N) is 4. The largest absolute Gasteiger partial charge is 0.505 e. The van der Waals surface area contributed by atoms with Gasteiger partial charge in [0.25, 0.3) is 20.2 Å². The number of phenolic OH excluding ortho intramolecular Hbond substituents is 1. The highest BCUT2D eigenvalue weighted by atomic mass is 35.5. The van der Waals surface area contributed by atoms with Crippen LogP contribution in [0.4, 0.5) is 57.9 Å². The zero-order chi connectivity index (χ0) is 56.9. The van der Waals surface area contributed by atoms with E-state index in [-0.39, 0.29) is 78.5 Å². The third kappa shape index (κ3) is 14.9. The number of azo groups is 1. The van der Waals surface area contributed by atoms with Crippen LogP contribution in [0, 0.1) is 0 Å². The molecular weight excluding hydrogens is 1170 g/mol. The highest BCUT2D eigenvalue weighted by Crippen LogP contribution is 2.45. The van der Waals surface area contributed by atoms with Gasteiger partial charge in [0.2, 0.25) is 17.2 Å². The number of pyridine rings is 1. The molecule has 3 aromatic heterocycles. The molecule has 0 aliphatic rings. The number of benzene rings is 5. The second-order valence-corrected chi connectivity index (χ2v) is 22.6. The van der Waals surface area contributed by atoms with Crippen molar-refractivity contribution in [2.45, 2.75) is 19.6 Å². The third-order valence-electron chi connectivity index (χ3n) is 10.2. The van der Waals surface area contributed by atoms with E-state index < -0.39 is 85.7 Å². The number of carboxylic acids is 1. The summed E-state index contributed by atoms with van der Waals surface area (Å²) in [6.45, 7) is -0.861. The molecule has 0 unspecified atom stereocenters. The minimum atomic E-state index is -5.05. The summed E-state index contributed by atoms with van der Waals surface area (Å²) in [5.41, 5.74) is -0.412. The maximum absolute atomic E-state index is 12.8. The van der Waals surface area contributed by atoms with Gasteiger partial charge >= 0.3 is 34.2 Å². The predicted molar refractivity (Wildman–Crippen MR) is 275 cm³/mol. The highest BCUT2D eigenvalue weighted by molar-refractivity contribution is 7.94. The van der Waals surface area contributed by atoms with Crippen LogP contribution in [0.5, 0.6) is 5.75 Å². The maximum Gasteiger partial charge on any atom is 0.444 e. The number of phenols is 1. The monoisotopic (exact) mass is 1200 g/mol. The molecule has 0 spiro atoms. The van der Waals surface area contributed by atoms with Crippen LogP contribution < -0.4 is 25.8 Å². The number of nitrogens with zero attached hydrogens (tertiary/aromatic N) is 9. The molecule has 0 aliphatic heterocycles. The molecule has 3 heterocycles. The second-order valence-electron chi connectivity index (χ2n) is 15.5. The van der Waals surface area contributed by atoms with E-state index >= 15 is 0 Å². The van der Waals surface area contributed by atoms with E-state index in [1.54, 1.807) is 0 Å². The van der Waals surface area contributed by atoms with Crippen molar-refractivity contribution >= 4 is 139 Å². The van der Waals surface area contributed by atoms with E-state index in [1.165, 1.54) is 95.8 Å². The van der Waals surface area contributed by atoms with Gasteiger partial charge in [-0.05, 0) is 118 Å². The van der Waals surface area contributed by atoms with Crippen LogP contribution in [0.3, 0.4) is 0 Å². The van der Waals surface area contributed by atoms with Crippen LogP contribution in [-0.2, 0) is 54.0 Å². The highest BCUT2D eigenvalue weighted by Gasteiger charge is 2.24. The van der Waals surface area contributed by atoms with Crippen LogP contribution in [0.2, 0.25) is 5.28 Å². The smallest absolute Gasteiger partial charge is 0.444 e. The molecule has 0 aliphatic carbocycles. The SMILES string of the molecule is O=C(O)c1cc[n+](-c2nc(Nc3ccc(S(=O)(=O)CCOS(=O)(=O)O)cc3)nc(Nc3ccc(S(=O)(=O)O)c(N=Nc4c(SOOO)cc5ccc(Nc6nc(Cl)nc(Nc7cccc(S(=O)(=O)O)c7)n6)cc5c4O)c3)n2)cc1. The number of fused-ring (bicyclic) bond motifs is 1. The first kappa shape index (κ1) is 56.9. The van der Waals surface area contributed by atoms with Gasteiger partial charge in [0.15, 0.2) is 15.6 Å². The lowest BCUT2D eigenvalue weighted by molar-refractivity contribution is -0.603. The quantitative estimate of drug-likeness (QED) is 0.00870. The molecule has 10 N–H and O–H groups in total. The van der Waals surface area contributed by atoms with Gasteiger partial charge in [0.05, 0.1) is 57.0 Å². The minimum absolute atomic E-state index is 0.00307. The summed E-state index contributed by atoms with van der Waals surface area (Å²) in [5.74, 6) is -3.49. The normalized spacial score (nSPS) is 12.2. The molecule has 79 heavy (non-hydrogen) atoms. The molecule has 0 fully saturated rings. The molecule has 37 heteroatoms. The van der Waals surface area contributed by atoms with Gasteiger partial charge in [0.1, 0.15) is 16.3 Å². The Kier molecular flexibility index (Phi) is 16.9. The van der Waals surface area contributed by atoms with Crippen LogP contribution in [0.25, 0.3) is 16.7 Å². The Morgan fingerprint density at radius 3 is 1.84 bits per heavy atom. The lowest BCUT2D eigenvalue weighted by Crippen LogP contribution is -2.33. The number of hydrogen-bond donors (Lipinski definition) is 10. The molecule has 31 nitrogen and oxygen atoms in total. The van der Waals surface area contributed by atoms with Crippen molar-refractivity contribution in [3.63, 3.8) is 0 Å². The first-order chi connectivity index (χ1) is 37.3. The Labute approximate surface area is 453 Å². The van der Waals surface area contributed by atoms with Crippen molar-refractivity contribution in [3.8, 4) is 11.7 Å². The number of aromatic nitrogens is 7. The predicted octanol–water partition coefficient (Wildman–Crippen LogP) is 6.45. The molecule has 0 bridgehead atoms. The van der Waals surface area contributed by atoms with Crippen LogP contribution in [0.1, 0.15) is 10.4 Å². The topological polar surface area (TPSA) is 457 Å². The Bertz CT molecular complexity index is 4180. The van der Waals surface area contributed by atoms with Gasteiger partial charge < -0.3 is 31.5 Å². The summed E-state index contributed by atoms with van der Waals surface area (Å²) in [7, 11) is -18.6. The first-order valence-electron chi connectivity index (χ1n) is 21.3. The van der Waals surface area contributed by atoms with Crippen LogP contribution in [-0.4, -0.2) is 111 Å². The van der Waals surface area contributed by atoms with Gasteiger partial charge in [-0.1, -0.05) is 17.2 Å². The number of halogens is 1. The maximum atomic E-state index is 12.8. The van der Waals surface area contributed by atoms with Crippen LogP contribution in [0.15, 0.2) is 145 Å². The van der Waals surface area contributed by atoms with E-state index in [0.717, 1.165) is 24.3 Å². The van der Waals surface area contributed by atoms with Gasteiger partial charge in [0, 0.05) is 28.1 Å². The zero-order valence-corrected chi connectivity index (χ0v) is 43.7. The number of aromatic hydroxyl groups is 1. The van der Waals surface area contributed by atoms with E-state index in [9.17, 15) is 57.8 Å². The third-order valence-corrected chi connectivity index (χ3v) is 14.9. The standard InChI is InChI=1S/C42H32ClN13O18S5/c43-37-48-38(45-25-2-1-3-29(19-25)77(63,64)65)50-39(49-37)46-26-5-4-23-18-32(75-74-73-60)34(35(57)30(23)20-26)55-54-31-21-27(8-11-33(31)78(66,67)68)47-41-51-40(52-42(53-41)56-14-12-22(13-15-56)36(58)59)44-24-6-9-28(10-7-24)76(61,62)17-16-72-79(69,70)71/h1-15,18-21H,16-17H2,(H9-,44,45,46,47,48,49,50,51,52,53,54,55,57,58,59,60,63,64,65,66,67,68,69,70,71)/p+1. The summed E-state index contributed by atoms with van der Waals surface area (Å²) in [4.78, 5) is 35.5. The van der Waals surface area contributed by atoms with E-state index in [4.69, 9.17) is 21.4 Å². The molecule has 8 aromatic rings. The van der Waals surface area contributed by atoms with Crippen molar-refractivity contribution < 1.29 is 85.7 Å². The molecular formula is C42H33ClN13O18S5+. The molecule has 0 atom stereocenters. The average molecular weight is 1200 g/mol. The molecule has 0 saturated heterocycles. The number of sulfone groups is 1. The molecule has 5 aromatic carbocycles. The minimum Gasteiger partial charge on any atom is -0.505 e. The van der Waals surface area contributed by atoms with Gasteiger partial charge in [-0.25, -0.2) is 27.2 Å². The number of carboxylic acid groups (broad SMARTS) is 1. The van der Waals surface area contributed by atoms with Crippen molar-refractivity contribution in [2.24, 2.45) is 10.2 Å². The van der Waals surface area contributed by atoms with Gasteiger partial charge in [-0.15, -0.1) is 19.5 Å². The number of carbonyl (C=O) groups is 1. The fourth-order valence-electron chi connectivity index (χ4n) is 6.75.